The molecule has 2 rings (SSSR count). The van der Waals surface area contributed by atoms with Crippen molar-refractivity contribution in [3.05, 3.63) is 57.4 Å². The number of aromatic hydroxyl groups is 1. The summed E-state index contributed by atoms with van der Waals surface area (Å²) >= 11 is 5.80. The molecule has 1 heterocycles. The number of nitrogens with one attached hydrogen (secondary N) is 1. The van der Waals surface area contributed by atoms with E-state index in [1.165, 1.54) is 24.4 Å². The van der Waals surface area contributed by atoms with Crippen molar-refractivity contribution in [3.63, 3.8) is 0 Å². The van der Waals surface area contributed by atoms with Gasteiger partial charge in [0.15, 0.2) is 0 Å². The summed E-state index contributed by atoms with van der Waals surface area (Å²) in [6.45, 7) is 0.425. The minimum absolute atomic E-state index is 0.0775. The van der Waals surface area contributed by atoms with Crippen LogP contribution in [-0.4, -0.2) is 15.0 Å². The maximum absolute atomic E-state index is 10.6. The third kappa shape index (κ3) is 3.32. The quantitative estimate of drug-likeness (QED) is 0.663. The molecule has 6 nitrogen and oxygen atoms in total. The topological polar surface area (TPSA) is 88.3 Å². The Balaban J connectivity index is 2.06. The van der Waals surface area contributed by atoms with Crippen LogP contribution in [0.3, 0.4) is 0 Å². The highest BCUT2D eigenvalue weighted by molar-refractivity contribution is 6.32. The lowest BCUT2D eigenvalue weighted by atomic mass is 10.2. The molecule has 0 aliphatic carbocycles. The number of nitro groups is 1. The summed E-state index contributed by atoms with van der Waals surface area (Å²) in [7, 11) is 0. The van der Waals surface area contributed by atoms with Crippen molar-refractivity contribution in [2.75, 3.05) is 5.32 Å². The molecule has 2 N–H and O–H groups in total. The molecule has 0 radical (unpaired) electrons. The third-order valence-electron chi connectivity index (χ3n) is 2.43. The van der Waals surface area contributed by atoms with Gasteiger partial charge in [-0.3, -0.25) is 15.1 Å². The van der Waals surface area contributed by atoms with Gasteiger partial charge in [0.05, 0.1) is 23.4 Å². The first-order valence-electron chi connectivity index (χ1n) is 5.38. The second-order valence-electron chi connectivity index (χ2n) is 3.78. The van der Waals surface area contributed by atoms with Crippen LogP contribution in [0, 0.1) is 10.1 Å². The van der Waals surface area contributed by atoms with Gasteiger partial charge in [-0.25, -0.2) is 0 Å². The molecule has 0 atom stereocenters. The van der Waals surface area contributed by atoms with E-state index in [1.807, 2.05) is 0 Å². The van der Waals surface area contributed by atoms with Gasteiger partial charge >= 0.3 is 0 Å². The SMILES string of the molecule is O=[N+]([O-])c1ccc(NCc2ccc(O)cn2)cc1Cl. The molecule has 98 valence electrons. The zero-order chi connectivity index (χ0) is 13.8. The second kappa shape index (κ2) is 5.53. The van der Waals surface area contributed by atoms with E-state index in [2.05, 4.69) is 10.3 Å². The zero-order valence-corrected chi connectivity index (χ0v) is 10.5. The molecule has 0 bridgehead atoms. The first-order chi connectivity index (χ1) is 9.06. The van der Waals surface area contributed by atoms with Crippen LogP contribution in [-0.2, 0) is 6.54 Å². The summed E-state index contributed by atoms with van der Waals surface area (Å²) in [6, 6.07) is 7.61. The van der Waals surface area contributed by atoms with Crippen LogP contribution < -0.4 is 5.32 Å². The Labute approximate surface area is 113 Å². The highest BCUT2D eigenvalue weighted by Crippen LogP contribution is 2.27. The van der Waals surface area contributed by atoms with E-state index in [0.717, 1.165) is 5.69 Å². The molecule has 0 unspecified atom stereocenters. The van der Waals surface area contributed by atoms with Gasteiger partial charge < -0.3 is 10.4 Å². The monoisotopic (exact) mass is 279 g/mol. The molecule has 1 aromatic carbocycles. The number of pyridine rings is 1. The number of aromatic nitrogens is 1. The molecule has 0 fully saturated rings. The normalized spacial score (nSPS) is 10.2. The van der Waals surface area contributed by atoms with Gasteiger partial charge in [0, 0.05) is 11.8 Å². The lowest BCUT2D eigenvalue weighted by Gasteiger charge is -2.06. The maximum atomic E-state index is 10.6. The molecule has 1 aromatic heterocycles. The number of nitro benzene ring substituents is 1. The molecule has 0 amide bonds. The van der Waals surface area contributed by atoms with Crippen molar-refractivity contribution < 1.29 is 10.0 Å². The van der Waals surface area contributed by atoms with E-state index in [4.69, 9.17) is 16.7 Å². The fourth-order valence-electron chi connectivity index (χ4n) is 1.48. The molecular weight excluding hydrogens is 270 g/mol. The Morgan fingerprint density at radius 3 is 2.74 bits per heavy atom. The molecule has 7 heteroatoms. The molecule has 0 aliphatic heterocycles. The number of rotatable bonds is 4. The highest BCUT2D eigenvalue weighted by atomic mass is 35.5. The smallest absolute Gasteiger partial charge is 0.288 e. The summed E-state index contributed by atoms with van der Waals surface area (Å²) < 4.78 is 0. The fraction of sp³-hybridized carbons (Fsp3) is 0.0833. The molecule has 0 saturated carbocycles. The number of nitrogens with zero attached hydrogens (tertiary/aromatic N) is 2. The maximum Gasteiger partial charge on any atom is 0.288 e. The first kappa shape index (κ1) is 13.1. The van der Waals surface area contributed by atoms with E-state index in [-0.39, 0.29) is 16.5 Å². The Morgan fingerprint density at radius 2 is 2.16 bits per heavy atom. The van der Waals surface area contributed by atoms with E-state index in [1.54, 1.807) is 12.1 Å². The third-order valence-corrected chi connectivity index (χ3v) is 2.73. The predicted molar refractivity (Wildman–Crippen MR) is 71.3 cm³/mol. The Morgan fingerprint density at radius 1 is 1.37 bits per heavy atom. The first-order valence-corrected chi connectivity index (χ1v) is 5.76. The number of anilines is 1. The van der Waals surface area contributed by atoms with E-state index in [9.17, 15) is 10.1 Å². The second-order valence-corrected chi connectivity index (χ2v) is 4.19. The van der Waals surface area contributed by atoms with Crippen LogP contribution >= 0.6 is 11.6 Å². The molecule has 2 aromatic rings. The van der Waals surface area contributed by atoms with Crippen LogP contribution in [0.2, 0.25) is 5.02 Å². The van der Waals surface area contributed by atoms with Crippen LogP contribution in [0.1, 0.15) is 5.69 Å². The number of hydrogen-bond donors (Lipinski definition) is 2. The van der Waals surface area contributed by atoms with Gasteiger partial charge in [-0.15, -0.1) is 0 Å². The van der Waals surface area contributed by atoms with Gasteiger partial charge in [0.25, 0.3) is 5.69 Å². The molecule has 0 aliphatic rings. The van der Waals surface area contributed by atoms with Crippen LogP contribution in [0.4, 0.5) is 11.4 Å². The van der Waals surface area contributed by atoms with E-state index in [0.29, 0.717) is 12.2 Å². The average molecular weight is 280 g/mol. The number of hydrogen-bond acceptors (Lipinski definition) is 5. The lowest BCUT2D eigenvalue weighted by molar-refractivity contribution is -0.384. The molecule has 19 heavy (non-hydrogen) atoms. The van der Waals surface area contributed by atoms with Crippen LogP contribution in [0.5, 0.6) is 5.75 Å². The minimum Gasteiger partial charge on any atom is -0.506 e. The molecular formula is C12H10ClN3O3. The zero-order valence-electron chi connectivity index (χ0n) is 9.71. The molecule has 0 spiro atoms. The van der Waals surface area contributed by atoms with Gasteiger partial charge in [-0.05, 0) is 24.3 Å². The fourth-order valence-corrected chi connectivity index (χ4v) is 1.73. The average Bonchev–Trinajstić information content (AvgIpc) is 2.37. The summed E-state index contributed by atoms with van der Waals surface area (Å²) in [5.74, 6) is 0.0992. The predicted octanol–water partition coefficient (Wildman–Crippen LogP) is 2.96. The minimum atomic E-state index is -0.534. The number of halogens is 1. The van der Waals surface area contributed by atoms with Crippen molar-refractivity contribution in [3.8, 4) is 5.75 Å². The van der Waals surface area contributed by atoms with Gasteiger partial charge in [0.1, 0.15) is 10.8 Å². The Bertz CT molecular complexity index is 602. The van der Waals surface area contributed by atoms with E-state index >= 15 is 0 Å². The summed E-state index contributed by atoms with van der Waals surface area (Å²) in [5.41, 5.74) is 1.26. The van der Waals surface area contributed by atoms with Crippen LogP contribution in [0.25, 0.3) is 0 Å². The Kier molecular flexibility index (Phi) is 3.82. The van der Waals surface area contributed by atoms with Crippen molar-refractivity contribution in [1.29, 1.82) is 0 Å². The summed E-state index contributed by atoms with van der Waals surface area (Å²) in [5, 5.41) is 22.8. The largest absolute Gasteiger partial charge is 0.506 e. The number of benzene rings is 1. The highest BCUT2D eigenvalue weighted by Gasteiger charge is 2.11. The van der Waals surface area contributed by atoms with Gasteiger partial charge in [-0.2, -0.15) is 0 Å². The molecule has 0 saturated heterocycles. The Hall–Kier alpha value is -2.34. The van der Waals surface area contributed by atoms with Crippen molar-refractivity contribution >= 4 is 23.0 Å². The van der Waals surface area contributed by atoms with Crippen LogP contribution in [0.15, 0.2) is 36.5 Å². The van der Waals surface area contributed by atoms with Crippen molar-refractivity contribution in [2.45, 2.75) is 6.54 Å². The standard InChI is InChI=1S/C12H10ClN3O3/c13-11-5-8(2-4-12(11)16(18)19)14-6-9-1-3-10(17)7-15-9/h1-5,7,14,17H,6H2. The van der Waals surface area contributed by atoms with Gasteiger partial charge in [-0.1, -0.05) is 11.6 Å². The van der Waals surface area contributed by atoms with Crippen molar-refractivity contribution in [1.82, 2.24) is 4.98 Å². The van der Waals surface area contributed by atoms with Crippen molar-refractivity contribution in [2.24, 2.45) is 0 Å². The lowest BCUT2D eigenvalue weighted by Crippen LogP contribution is -2.01. The summed E-state index contributed by atoms with van der Waals surface area (Å²) in [6.07, 6.45) is 1.35. The van der Waals surface area contributed by atoms with E-state index < -0.39 is 4.92 Å². The van der Waals surface area contributed by atoms with Gasteiger partial charge in [0.2, 0.25) is 0 Å². The summed E-state index contributed by atoms with van der Waals surface area (Å²) in [4.78, 5) is 14.1.